The number of anilines is 1. The molecule has 1 aromatic carbocycles. The molecule has 0 radical (unpaired) electrons. The zero-order valence-electron chi connectivity index (χ0n) is 16.7. The van der Waals surface area contributed by atoms with Gasteiger partial charge in [0, 0.05) is 32.2 Å². The lowest BCUT2D eigenvalue weighted by Crippen LogP contribution is -2.39. The molecule has 10 heteroatoms. The van der Waals surface area contributed by atoms with Gasteiger partial charge in [0.15, 0.2) is 0 Å². The number of piperidine rings is 2. The van der Waals surface area contributed by atoms with Gasteiger partial charge in [-0.25, -0.2) is 8.42 Å². The summed E-state index contributed by atoms with van der Waals surface area (Å²) in [6.45, 7) is 3.81. The van der Waals surface area contributed by atoms with Gasteiger partial charge in [0.25, 0.3) is 5.69 Å². The molecule has 2 fully saturated rings. The van der Waals surface area contributed by atoms with Gasteiger partial charge >= 0.3 is 5.97 Å². The van der Waals surface area contributed by atoms with Gasteiger partial charge < -0.3 is 9.64 Å². The number of rotatable bonds is 5. The summed E-state index contributed by atoms with van der Waals surface area (Å²) in [5.74, 6) is -0.212. The summed E-state index contributed by atoms with van der Waals surface area (Å²) in [5, 5.41) is 11.7. The van der Waals surface area contributed by atoms with Crippen LogP contribution in [-0.4, -0.2) is 56.9 Å². The van der Waals surface area contributed by atoms with Crippen LogP contribution in [0.4, 0.5) is 11.4 Å². The van der Waals surface area contributed by atoms with Crippen LogP contribution < -0.4 is 4.90 Å². The van der Waals surface area contributed by atoms with Crippen molar-refractivity contribution in [1.82, 2.24) is 4.31 Å². The van der Waals surface area contributed by atoms with Crippen molar-refractivity contribution in [2.45, 2.75) is 37.5 Å². The second kappa shape index (κ2) is 8.66. The Morgan fingerprint density at radius 1 is 1.21 bits per heavy atom. The molecule has 0 aliphatic carbocycles. The van der Waals surface area contributed by atoms with Gasteiger partial charge in [0.05, 0.1) is 22.8 Å². The van der Waals surface area contributed by atoms with E-state index < -0.39 is 14.9 Å². The molecule has 1 aromatic rings. The SMILES string of the molecule is COC(=O)C1CCN(c2ccc(S(=O)(=O)N3CCC[C@@H](C)C3)cc2[N+](=O)[O-])CC1. The van der Waals surface area contributed by atoms with Crippen molar-refractivity contribution in [3.63, 3.8) is 0 Å². The van der Waals surface area contributed by atoms with E-state index in [1.807, 2.05) is 11.8 Å². The van der Waals surface area contributed by atoms with Crippen LogP contribution in [0.25, 0.3) is 0 Å². The molecule has 1 atom stereocenters. The molecule has 2 aliphatic rings. The topological polar surface area (TPSA) is 110 Å². The zero-order valence-corrected chi connectivity index (χ0v) is 17.6. The molecule has 0 N–H and O–H groups in total. The van der Waals surface area contributed by atoms with Crippen LogP contribution in [0.2, 0.25) is 0 Å². The molecule has 2 aliphatic heterocycles. The Bertz CT molecular complexity index is 880. The fourth-order valence-corrected chi connectivity index (χ4v) is 5.73. The Morgan fingerprint density at radius 2 is 1.90 bits per heavy atom. The fourth-order valence-electron chi connectivity index (χ4n) is 4.11. The Balaban J connectivity index is 1.85. The summed E-state index contributed by atoms with van der Waals surface area (Å²) in [5.41, 5.74) is 0.150. The molecule has 0 amide bonds. The highest BCUT2D eigenvalue weighted by Gasteiger charge is 2.33. The predicted octanol–water partition coefficient (Wildman–Crippen LogP) is 2.40. The number of hydrogen-bond donors (Lipinski definition) is 0. The van der Waals surface area contributed by atoms with E-state index in [4.69, 9.17) is 4.74 Å². The molecule has 0 bridgehead atoms. The van der Waals surface area contributed by atoms with Crippen molar-refractivity contribution in [1.29, 1.82) is 0 Å². The number of nitro groups is 1. The number of benzene rings is 1. The van der Waals surface area contributed by atoms with Gasteiger partial charge in [-0.15, -0.1) is 0 Å². The van der Waals surface area contributed by atoms with Crippen molar-refractivity contribution in [3.05, 3.63) is 28.3 Å². The molecule has 0 saturated carbocycles. The van der Waals surface area contributed by atoms with Gasteiger partial charge in [-0.2, -0.15) is 4.31 Å². The highest BCUT2D eigenvalue weighted by molar-refractivity contribution is 7.89. The van der Waals surface area contributed by atoms with Crippen LogP contribution in [-0.2, 0) is 19.6 Å². The number of sulfonamides is 1. The molecule has 0 unspecified atom stereocenters. The maximum atomic E-state index is 13.0. The maximum Gasteiger partial charge on any atom is 0.308 e. The Kier molecular flexibility index (Phi) is 6.42. The van der Waals surface area contributed by atoms with Crippen molar-refractivity contribution < 1.29 is 22.9 Å². The first-order valence-electron chi connectivity index (χ1n) is 9.85. The van der Waals surface area contributed by atoms with Crippen molar-refractivity contribution in [3.8, 4) is 0 Å². The quantitative estimate of drug-likeness (QED) is 0.405. The van der Waals surface area contributed by atoms with Gasteiger partial charge in [-0.3, -0.25) is 14.9 Å². The van der Waals surface area contributed by atoms with E-state index in [9.17, 15) is 23.3 Å². The summed E-state index contributed by atoms with van der Waals surface area (Å²) < 4.78 is 32.2. The van der Waals surface area contributed by atoms with E-state index in [0.29, 0.717) is 44.7 Å². The molecule has 0 aromatic heterocycles. The first-order chi connectivity index (χ1) is 13.7. The second-order valence-corrected chi connectivity index (χ2v) is 9.74. The van der Waals surface area contributed by atoms with Crippen molar-refractivity contribution in [2.24, 2.45) is 11.8 Å². The van der Waals surface area contributed by atoms with E-state index in [-0.39, 0.29) is 28.4 Å². The minimum absolute atomic E-state index is 0.0495. The number of methoxy groups -OCH3 is 1. The number of esters is 1. The van der Waals surface area contributed by atoms with Crippen LogP contribution in [0.1, 0.15) is 32.6 Å². The number of hydrogen-bond acceptors (Lipinski definition) is 7. The number of nitro benzene ring substituents is 1. The first kappa shape index (κ1) is 21.5. The standard InChI is InChI=1S/C19H27N3O6S/c1-14-4-3-9-21(13-14)29(26,27)16-5-6-17(18(12-16)22(24)25)20-10-7-15(8-11-20)19(23)28-2/h5-6,12,14-15H,3-4,7-11,13H2,1-2H3/t14-/m1/s1. The molecule has 160 valence electrons. The Labute approximate surface area is 170 Å². The molecule has 2 saturated heterocycles. The molecule has 29 heavy (non-hydrogen) atoms. The smallest absolute Gasteiger partial charge is 0.308 e. The minimum atomic E-state index is -3.77. The first-order valence-corrected chi connectivity index (χ1v) is 11.3. The lowest BCUT2D eigenvalue weighted by atomic mass is 9.96. The second-order valence-electron chi connectivity index (χ2n) is 7.80. The molecular weight excluding hydrogens is 398 g/mol. The van der Waals surface area contributed by atoms with Gasteiger partial charge in [0.1, 0.15) is 5.69 Å². The molecule has 3 rings (SSSR count). The van der Waals surface area contributed by atoms with Crippen LogP contribution in [0.15, 0.2) is 23.1 Å². The Hall–Kier alpha value is -2.20. The number of ether oxygens (including phenoxy) is 1. The molecular formula is C19H27N3O6S. The third-order valence-electron chi connectivity index (χ3n) is 5.77. The maximum absolute atomic E-state index is 13.0. The van der Waals surface area contributed by atoms with Crippen molar-refractivity contribution >= 4 is 27.4 Å². The van der Waals surface area contributed by atoms with Crippen LogP contribution in [0.5, 0.6) is 0 Å². The van der Waals surface area contributed by atoms with E-state index in [1.165, 1.54) is 23.5 Å². The minimum Gasteiger partial charge on any atom is -0.469 e. The number of carbonyl (C=O) groups is 1. The van der Waals surface area contributed by atoms with E-state index in [1.54, 1.807) is 0 Å². The van der Waals surface area contributed by atoms with Gasteiger partial charge in [-0.05, 0) is 43.7 Å². The number of carbonyl (C=O) groups excluding carboxylic acids is 1. The largest absolute Gasteiger partial charge is 0.469 e. The summed E-state index contributed by atoms with van der Waals surface area (Å²) in [4.78, 5) is 24.6. The average molecular weight is 426 g/mol. The summed E-state index contributed by atoms with van der Waals surface area (Å²) in [7, 11) is -2.42. The fraction of sp³-hybridized carbons (Fsp3) is 0.632. The summed E-state index contributed by atoms with van der Waals surface area (Å²) >= 11 is 0. The lowest BCUT2D eigenvalue weighted by molar-refractivity contribution is -0.384. The van der Waals surface area contributed by atoms with Gasteiger partial charge in [-0.1, -0.05) is 6.92 Å². The monoisotopic (exact) mass is 425 g/mol. The average Bonchev–Trinajstić information content (AvgIpc) is 2.72. The highest BCUT2D eigenvalue weighted by Crippen LogP contribution is 2.35. The highest BCUT2D eigenvalue weighted by atomic mass is 32.2. The van der Waals surface area contributed by atoms with E-state index >= 15 is 0 Å². The number of nitrogens with zero attached hydrogens (tertiary/aromatic N) is 3. The normalized spacial score (nSPS) is 21.7. The van der Waals surface area contributed by atoms with E-state index in [2.05, 4.69) is 0 Å². The van der Waals surface area contributed by atoms with Crippen LogP contribution in [0, 0.1) is 22.0 Å². The summed E-state index contributed by atoms with van der Waals surface area (Å²) in [6, 6.07) is 4.12. The summed E-state index contributed by atoms with van der Waals surface area (Å²) in [6.07, 6.45) is 2.84. The predicted molar refractivity (Wildman–Crippen MR) is 107 cm³/mol. The van der Waals surface area contributed by atoms with Crippen LogP contribution >= 0.6 is 0 Å². The lowest BCUT2D eigenvalue weighted by Gasteiger charge is -2.32. The van der Waals surface area contributed by atoms with Gasteiger partial charge in [0.2, 0.25) is 10.0 Å². The van der Waals surface area contributed by atoms with Crippen molar-refractivity contribution in [2.75, 3.05) is 38.2 Å². The molecule has 0 spiro atoms. The molecule has 2 heterocycles. The molecule has 9 nitrogen and oxygen atoms in total. The third kappa shape index (κ3) is 4.53. The van der Waals surface area contributed by atoms with E-state index in [0.717, 1.165) is 18.9 Å². The zero-order chi connectivity index (χ0) is 21.2. The third-order valence-corrected chi connectivity index (χ3v) is 7.63. The Morgan fingerprint density at radius 3 is 2.48 bits per heavy atom. The van der Waals surface area contributed by atoms with Crippen LogP contribution in [0.3, 0.4) is 0 Å².